The van der Waals surface area contributed by atoms with Gasteiger partial charge in [-0.3, -0.25) is 4.79 Å². The topological polar surface area (TPSA) is 77.2 Å². The van der Waals surface area contributed by atoms with Crippen molar-refractivity contribution >= 4 is 28.7 Å². The summed E-state index contributed by atoms with van der Waals surface area (Å²) in [5.41, 5.74) is 7.26. The molecular formula is C12H10F3N3O2S. The molecule has 0 unspecified atom stereocenters. The van der Waals surface area contributed by atoms with Crippen molar-refractivity contribution in [2.24, 2.45) is 0 Å². The predicted molar refractivity (Wildman–Crippen MR) is 72.0 cm³/mol. The molecule has 9 heteroatoms. The Morgan fingerprint density at radius 2 is 2.19 bits per heavy atom. The van der Waals surface area contributed by atoms with Gasteiger partial charge in [-0.05, 0) is 12.1 Å². The number of ether oxygens (including phenoxy) is 1. The van der Waals surface area contributed by atoms with Gasteiger partial charge in [-0.2, -0.15) is 0 Å². The van der Waals surface area contributed by atoms with Crippen LogP contribution >= 0.6 is 11.3 Å². The molecule has 0 atom stereocenters. The second-order valence-corrected chi connectivity index (χ2v) is 4.90. The van der Waals surface area contributed by atoms with Crippen molar-refractivity contribution in [2.45, 2.75) is 12.8 Å². The zero-order chi connectivity index (χ0) is 15.5. The molecule has 0 aliphatic carbocycles. The van der Waals surface area contributed by atoms with Gasteiger partial charge in [-0.15, -0.1) is 24.5 Å². The van der Waals surface area contributed by atoms with Crippen LogP contribution in [0.15, 0.2) is 29.8 Å². The van der Waals surface area contributed by atoms with Crippen molar-refractivity contribution in [1.29, 1.82) is 0 Å². The number of halogens is 3. The molecule has 3 N–H and O–H groups in total. The zero-order valence-corrected chi connectivity index (χ0v) is 11.3. The average Bonchev–Trinajstić information content (AvgIpc) is 2.73. The lowest BCUT2D eigenvalue weighted by atomic mass is 10.2. The second-order valence-electron chi connectivity index (χ2n) is 3.96. The Bertz CT molecular complexity index is 643. The molecule has 1 amide bonds. The number of alkyl halides is 3. The highest BCUT2D eigenvalue weighted by Crippen LogP contribution is 2.25. The Balaban J connectivity index is 2.01. The van der Waals surface area contributed by atoms with E-state index in [1.54, 1.807) is 0 Å². The van der Waals surface area contributed by atoms with Crippen molar-refractivity contribution in [3.8, 4) is 5.75 Å². The highest BCUT2D eigenvalue weighted by atomic mass is 32.1. The average molecular weight is 317 g/mol. The Morgan fingerprint density at radius 1 is 1.43 bits per heavy atom. The minimum Gasteiger partial charge on any atom is -0.406 e. The van der Waals surface area contributed by atoms with Gasteiger partial charge in [-0.1, -0.05) is 6.07 Å². The molecule has 1 heterocycles. The van der Waals surface area contributed by atoms with Gasteiger partial charge < -0.3 is 15.8 Å². The highest BCUT2D eigenvalue weighted by molar-refractivity contribution is 7.10. The first kappa shape index (κ1) is 15.1. The normalized spacial score (nSPS) is 11.2. The third kappa shape index (κ3) is 4.63. The number of hydrogen-bond acceptors (Lipinski definition) is 5. The van der Waals surface area contributed by atoms with Crippen molar-refractivity contribution < 1.29 is 22.7 Å². The predicted octanol–water partition coefficient (Wildman–Crippen LogP) is 2.81. The molecular weight excluding hydrogens is 307 g/mol. The molecule has 21 heavy (non-hydrogen) atoms. The first-order chi connectivity index (χ1) is 9.83. The maximum absolute atomic E-state index is 12.1. The standard InChI is InChI=1S/C12H10F3N3O2S/c13-12(14,15)20-8-3-1-2-7(4-8)18-10(19)5-9-11(16)17-6-21-9/h1-4,6H,5,16H2,(H,18,19). The summed E-state index contributed by atoms with van der Waals surface area (Å²) in [7, 11) is 0. The van der Waals surface area contributed by atoms with Crippen LogP contribution in [0.1, 0.15) is 4.88 Å². The number of rotatable bonds is 4. The highest BCUT2D eigenvalue weighted by Gasteiger charge is 2.31. The molecule has 112 valence electrons. The minimum absolute atomic E-state index is 0.000849. The van der Waals surface area contributed by atoms with Crippen molar-refractivity contribution in [3.63, 3.8) is 0 Å². The fraction of sp³-hybridized carbons (Fsp3) is 0.167. The number of nitrogens with one attached hydrogen (secondary N) is 1. The van der Waals surface area contributed by atoms with Gasteiger partial charge in [0.2, 0.25) is 5.91 Å². The van der Waals surface area contributed by atoms with Gasteiger partial charge in [0, 0.05) is 11.8 Å². The summed E-state index contributed by atoms with van der Waals surface area (Å²) >= 11 is 1.23. The van der Waals surface area contributed by atoms with Crippen LogP contribution in [0, 0.1) is 0 Å². The van der Waals surface area contributed by atoms with Gasteiger partial charge >= 0.3 is 6.36 Å². The smallest absolute Gasteiger partial charge is 0.406 e. The number of anilines is 2. The lowest BCUT2D eigenvalue weighted by Crippen LogP contribution is -2.18. The molecule has 0 saturated heterocycles. The van der Waals surface area contributed by atoms with Crippen molar-refractivity contribution in [3.05, 3.63) is 34.7 Å². The Labute approximate surface area is 121 Å². The number of nitrogen functional groups attached to an aromatic ring is 1. The van der Waals surface area contributed by atoms with Crippen molar-refractivity contribution in [2.75, 3.05) is 11.1 Å². The second kappa shape index (κ2) is 6.00. The molecule has 1 aromatic carbocycles. The molecule has 0 spiro atoms. The van der Waals surface area contributed by atoms with E-state index in [2.05, 4.69) is 15.0 Å². The summed E-state index contributed by atoms with van der Waals surface area (Å²) in [6.07, 6.45) is -4.78. The zero-order valence-electron chi connectivity index (χ0n) is 10.5. The molecule has 5 nitrogen and oxygen atoms in total. The number of carbonyl (C=O) groups is 1. The van der Waals surface area contributed by atoms with E-state index in [4.69, 9.17) is 5.73 Å². The fourth-order valence-electron chi connectivity index (χ4n) is 1.53. The van der Waals surface area contributed by atoms with Crippen molar-refractivity contribution in [1.82, 2.24) is 4.98 Å². The molecule has 1 aromatic heterocycles. The van der Waals surface area contributed by atoms with Gasteiger partial charge in [-0.25, -0.2) is 4.98 Å². The molecule has 0 aliphatic heterocycles. The number of carbonyl (C=O) groups excluding carboxylic acids is 1. The number of nitrogens with zero attached hydrogens (tertiary/aromatic N) is 1. The lowest BCUT2D eigenvalue weighted by Gasteiger charge is -2.10. The van der Waals surface area contributed by atoms with Gasteiger partial charge in [0.05, 0.1) is 16.8 Å². The van der Waals surface area contributed by atoms with E-state index in [0.717, 1.165) is 12.1 Å². The number of hydrogen-bond donors (Lipinski definition) is 2. The first-order valence-corrected chi connectivity index (χ1v) is 6.55. The largest absolute Gasteiger partial charge is 0.573 e. The number of thiazole rings is 1. The molecule has 0 bridgehead atoms. The molecule has 0 radical (unpaired) electrons. The lowest BCUT2D eigenvalue weighted by molar-refractivity contribution is -0.274. The SMILES string of the molecule is Nc1ncsc1CC(=O)Nc1cccc(OC(F)(F)F)c1. The molecule has 2 rings (SSSR count). The van der Waals surface area contributed by atoms with E-state index in [1.807, 2.05) is 0 Å². The Hall–Kier alpha value is -2.29. The number of benzene rings is 1. The first-order valence-electron chi connectivity index (χ1n) is 5.67. The summed E-state index contributed by atoms with van der Waals surface area (Å²) in [6, 6.07) is 5.03. The van der Waals surface area contributed by atoms with Gasteiger partial charge in [0.15, 0.2) is 0 Å². The summed E-state index contributed by atoms with van der Waals surface area (Å²) in [5, 5.41) is 2.47. The molecule has 0 aliphatic rings. The Morgan fingerprint density at radius 3 is 2.81 bits per heavy atom. The van der Waals surface area contributed by atoms with E-state index in [0.29, 0.717) is 4.88 Å². The van der Waals surface area contributed by atoms with Crippen LogP contribution in [0.25, 0.3) is 0 Å². The molecule has 2 aromatic rings. The molecule has 0 saturated carbocycles. The van der Waals surface area contributed by atoms with Crippen LogP contribution in [0.3, 0.4) is 0 Å². The number of aromatic nitrogens is 1. The summed E-state index contributed by atoms with van der Waals surface area (Å²) < 4.78 is 40.1. The van der Waals surface area contributed by atoms with E-state index in [-0.39, 0.29) is 17.9 Å². The van der Waals surface area contributed by atoms with Gasteiger partial charge in [0.1, 0.15) is 11.6 Å². The van der Waals surface area contributed by atoms with Gasteiger partial charge in [0.25, 0.3) is 0 Å². The summed E-state index contributed by atoms with van der Waals surface area (Å²) in [5.74, 6) is -0.544. The quantitative estimate of drug-likeness (QED) is 0.909. The summed E-state index contributed by atoms with van der Waals surface area (Å²) in [4.78, 5) is 16.2. The van der Waals surface area contributed by atoms with E-state index >= 15 is 0 Å². The monoisotopic (exact) mass is 317 g/mol. The summed E-state index contributed by atoms with van der Waals surface area (Å²) in [6.45, 7) is 0. The maximum Gasteiger partial charge on any atom is 0.573 e. The van der Waals surface area contributed by atoms with E-state index in [1.165, 1.54) is 29.0 Å². The van der Waals surface area contributed by atoms with Crippen LogP contribution in [-0.2, 0) is 11.2 Å². The third-order valence-corrected chi connectivity index (χ3v) is 3.19. The van der Waals surface area contributed by atoms with Crippen LogP contribution in [-0.4, -0.2) is 17.3 Å². The third-order valence-electron chi connectivity index (χ3n) is 2.34. The molecule has 0 fully saturated rings. The van der Waals surface area contributed by atoms with E-state index in [9.17, 15) is 18.0 Å². The number of nitrogens with two attached hydrogens (primary N) is 1. The van der Waals surface area contributed by atoms with E-state index < -0.39 is 18.0 Å². The van der Waals surface area contributed by atoms with Crippen LogP contribution < -0.4 is 15.8 Å². The van der Waals surface area contributed by atoms with Crippen LogP contribution in [0.5, 0.6) is 5.75 Å². The Kier molecular flexibility index (Phi) is 4.32. The minimum atomic E-state index is -4.78. The number of amides is 1. The maximum atomic E-state index is 12.1. The van der Waals surface area contributed by atoms with Crippen LogP contribution in [0.4, 0.5) is 24.7 Å². The van der Waals surface area contributed by atoms with Crippen LogP contribution in [0.2, 0.25) is 0 Å². The fourth-order valence-corrected chi connectivity index (χ4v) is 2.21.